The minimum absolute atomic E-state index is 0.162. The second-order valence-electron chi connectivity index (χ2n) is 5.48. The number of ether oxygens (including phenoxy) is 3. The molecule has 2 rings (SSSR count). The highest BCUT2D eigenvalue weighted by Gasteiger charge is 2.20. The summed E-state index contributed by atoms with van der Waals surface area (Å²) in [7, 11) is 2.90. The molecule has 6 nitrogen and oxygen atoms in total. The van der Waals surface area contributed by atoms with E-state index < -0.39 is 5.97 Å². The Labute approximate surface area is 163 Å². The average molecular weight is 389 g/mol. The SMILES string of the molecule is COc1cccc(OC)c1C(=O)OCC(=O)NCCCSc1ccccc1. The van der Waals surface area contributed by atoms with Crippen LogP contribution in [0.1, 0.15) is 16.8 Å². The molecule has 0 radical (unpaired) electrons. The molecule has 0 saturated heterocycles. The maximum atomic E-state index is 12.3. The maximum Gasteiger partial charge on any atom is 0.346 e. The van der Waals surface area contributed by atoms with Crippen molar-refractivity contribution in [2.24, 2.45) is 0 Å². The molecule has 1 N–H and O–H groups in total. The van der Waals surface area contributed by atoms with Gasteiger partial charge < -0.3 is 19.5 Å². The van der Waals surface area contributed by atoms with Gasteiger partial charge in [-0.3, -0.25) is 4.79 Å². The number of benzene rings is 2. The topological polar surface area (TPSA) is 73.9 Å². The summed E-state index contributed by atoms with van der Waals surface area (Å²) >= 11 is 1.73. The molecule has 1 amide bonds. The summed E-state index contributed by atoms with van der Waals surface area (Å²) in [5.74, 6) is 0.541. The minimum Gasteiger partial charge on any atom is -0.496 e. The van der Waals surface area contributed by atoms with Crippen molar-refractivity contribution in [1.29, 1.82) is 0 Å². The van der Waals surface area contributed by atoms with Crippen LogP contribution in [-0.4, -0.2) is 45.0 Å². The van der Waals surface area contributed by atoms with Gasteiger partial charge in [0.2, 0.25) is 0 Å². The number of rotatable bonds is 10. The zero-order valence-corrected chi connectivity index (χ0v) is 16.2. The Kier molecular flexibility index (Phi) is 8.51. The highest BCUT2D eigenvalue weighted by atomic mass is 32.2. The Bertz CT molecular complexity index is 729. The monoisotopic (exact) mass is 389 g/mol. The number of carbonyl (C=O) groups excluding carboxylic acids is 2. The van der Waals surface area contributed by atoms with Crippen LogP contribution in [0.2, 0.25) is 0 Å². The van der Waals surface area contributed by atoms with E-state index in [0.717, 1.165) is 12.2 Å². The molecule has 7 heteroatoms. The van der Waals surface area contributed by atoms with E-state index in [1.54, 1.807) is 30.0 Å². The number of esters is 1. The van der Waals surface area contributed by atoms with Crippen LogP contribution in [0.3, 0.4) is 0 Å². The largest absolute Gasteiger partial charge is 0.496 e. The fourth-order valence-electron chi connectivity index (χ4n) is 2.31. The fraction of sp³-hybridized carbons (Fsp3) is 0.300. The van der Waals surface area contributed by atoms with Gasteiger partial charge in [0, 0.05) is 11.4 Å². The number of hydrogen-bond acceptors (Lipinski definition) is 6. The molecule has 0 bridgehead atoms. The van der Waals surface area contributed by atoms with Crippen LogP contribution >= 0.6 is 11.8 Å². The molecule has 0 unspecified atom stereocenters. The average Bonchev–Trinajstić information content (AvgIpc) is 2.71. The van der Waals surface area contributed by atoms with E-state index in [2.05, 4.69) is 17.4 Å². The number of thioether (sulfide) groups is 1. The maximum absolute atomic E-state index is 12.3. The molecule has 0 heterocycles. The fourth-order valence-corrected chi connectivity index (χ4v) is 3.19. The Morgan fingerprint density at radius 2 is 1.63 bits per heavy atom. The van der Waals surface area contributed by atoms with Crippen molar-refractivity contribution in [2.75, 3.05) is 33.1 Å². The zero-order valence-electron chi connectivity index (χ0n) is 15.4. The van der Waals surface area contributed by atoms with E-state index in [1.807, 2.05) is 18.2 Å². The van der Waals surface area contributed by atoms with Crippen molar-refractivity contribution in [1.82, 2.24) is 5.32 Å². The van der Waals surface area contributed by atoms with Gasteiger partial charge in [-0.1, -0.05) is 24.3 Å². The van der Waals surface area contributed by atoms with E-state index in [1.165, 1.54) is 19.1 Å². The summed E-state index contributed by atoms with van der Waals surface area (Å²) in [5, 5.41) is 2.74. The molecule has 0 atom stereocenters. The van der Waals surface area contributed by atoms with Crippen LogP contribution < -0.4 is 14.8 Å². The second-order valence-corrected chi connectivity index (χ2v) is 6.65. The lowest BCUT2D eigenvalue weighted by Gasteiger charge is -2.12. The highest BCUT2D eigenvalue weighted by Crippen LogP contribution is 2.28. The Balaban J connectivity index is 1.72. The van der Waals surface area contributed by atoms with Gasteiger partial charge >= 0.3 is 5.97 Å². The number of nitrogens with one attached hydrogen (secondary N) is 1. The molecule has 0 aliphatic carbocycles. The first kappa shape index (κ1) is 20.6. The van der Waals surface area contributed by atoms with Crippen LogP contribution in [0.4, 0.5) is 0 Å². The van der Waals surface area contributed by atoms with Crippen molar-refractivity contribution in [3.8, 4) is 11.5 Å². The highest BCUT2D eigenvalue weighted by molar-refractivity contribution is 7.99. The summed E-state index contributed by atoms with van der Waals surface area (Å²) in [4.78, 5) is 25.3. The number of carbonyl (C=O) groups is 2. The first-order chi connectivity index (χ1) is 13.2. The summed E-state index contributed by atoms with van der Waals surface area (Å²) in [6, 6.07) is 15.0. The van der Waals surface area contributed by atoms with E-state index >= 15 is 0 Å². The van der Waals surface area contributed by atoms with Crippen molar-refractivity contribution >= 4 is 23.6 Å². The third-order valence-corrected chi connectivity index (χ3v) is 4.72. The first-order valence-corrected chi connectivity index (χ1v) is 9.47. The molecule has 0 aliphatic heterocycles. The van der Waals surface area contributed by atoms with Gasteiger partial charge in [0.25, 0.3) is 5.91 Å². The van der Waals surface area contributed by atoms with Gasteiger partial charge in [0.1, 0.15) is 17.1 Å². The summed E-state index contributed by atoms with van der Waals surface area (Å²) in [5.41, 5.74) is 0.162. The van der Waals surface area contributed by atoms with Crippen LogP contribution in [0, 0.1) is 0 Å². The van der Waals surface area contributed by atoms with Crippen molar-refractivity contribution < 1.29 is 23.8 Å². The quantitative estimate of drug-likeness (QED) is 0.382. The number of hydrogen-bond donors (Lipinski definition) is 1. The van der Waals surface area contributed by atoms with Crippen LogP contribution in [0.15, 0.2) is 53.4 Å². The molecule has 27 heavy (non-hydrogen) atoms. The molecule has 0 fully saturated rings. The van der Waals surface area contributed by atoms with Crippen molar-refractivity contribution in [3.63, 3.8) is 0 Å². The molecule has 2 aromatic carbocycles. The predicted octanol–water partition coefficient (Wildman–Crippen LogP) is 3.16. The van der Waals surface area contributed by atoms with Gasteiger partial charge in [-0.15, -0.1) is 11.8 Å². The molecule has 0 aromatic heterocycles. The Morgan fingerprint density at radius 1 is 0.963 bits per heavy atom. The second kappa shape index (κ2) is 11.1. The van der Waals surface area contributed by atoms with Crippen molar-refractivity contribution in [2.45, 2.75) is 11.3 Å². The van der Waals surface area contributed by atoms with Gasteiger partial charge in [0.15, 0.2) is 6.61 Å². The van der Waals surface area contributed by atoms with Crippen molar-refractivity contribution in [3.05, 3.63) is 54.1 Å². The molecular formula is C20H23NO5S. The standard InChI is InChI=1S/C20H23NO5S/c1-24-16-10-6-11-17(25-2)19(16)20(23)26-14-18(22)21-12-7-13-27-15-8-4-3-5-9-15/h3-6,8-11H,7,12-14H2,1-2H3,(H,21,22). The van der Waals surface area contributed by atoms with Gasteiger partial charge in [0.05, 0.1) is 14.2 Å². The van der Waals surface area contributed by atoms with Crippen LogP contribution in [0.5, 0.6) is 11.5 Å². The summed E-state index contributed by atoms with van der Waals surface area (Å²) in [6.07, 6.45) is 0.819. The lowest BCUT2D eigenvalue weighted by Crippen LogP contribution is -2.30. The molecule has 0 aliphatic rings. The lowest BCUT2D eigenvalue weighted by molar-refractivity contribution is -0.124. The smallest absolute Gasteiger partial charge is 0.346 e. The van der Waals surface area contributed by atoms with E-state index in [9.17, 15) is 9.59 Å². The van der Waals surface area contributed by atoms with Gasteiger partial charge in [-0.25, -0.2) is 4.79 Å². The van der Waals surface area contributed by atoms with E-state index in [0.29, 0.717) is 18.0 Å². The van der Waals surface area contributed by atoms with E-state index in [4.69, 9.17) is 14.2 Å². The zero-order chi connectivity index (χ0) is 19.5. The normalized spacial score (nSPS) is 10.1. The molecule has 0 spiro atoms. The molecule has 2 aromatic rings. The van der Waals surface area contributed by atoms with Crippen LogP contribution in [-0.2, 0) is 9.53 Å². The molecule has 0 saturated carbocycles. The minimum atomic E-state index is -0.668. The lowest BCUT2D eigenvalue weighted by atomic mass is 10.2. The summed E-state index contributed by atoms with van der Waals surface area (Å²) < 4.78 is 15.4. The summed E-state index contributed by atoms with van der Waals surface area (Å²) in [6.45, 7) is 0.167. The Hall–Kier alpha value is -2.67. The number of methoxy groups -OCH3 is 2. The van der Waals surface area contributed by atoms with Crippen LogP contribution in [0.25, 0.3) is 0 Å². The first-order valence-electron chi connectivity index (χ1n) is 8.48. The predicted molar refractivity (Wildman–Crippen MR) is 105 cm³/mol. The van der Waals surface area contributed by atoms with E-state index in [-0.39, 0.29) is 18.1 Å². The third kappa shape index (κ3) is 6.53. The Morgan fingerprint density at radius 3 is 2.26 bits per heavy atom. The molecule has 144 valence electrons. The van der Waals surface area contributed by atoms with Gasteiger partial charge in [-0.2, -0.15) is 0 Å². The van der Waals surface area contributed by atoms with Gasteiger partial charge in [-0.05, 0) is 36.4 Å². The third-order valence-electron chi connectivity index (χ3n) is 3.62. The number of amides is 1. The molecular weight excluding hydrogens is 366 g/mol.